The van der Waals surface area contributed by atoms with Crippen LogP contribution in [-0.2, 0) is 0 Å². The molecule has 1 fully saturated rings. The van der Waals surface area contributed by atoms with Gasteiger partial charge in [-0.1, -0.05) is 6.42 Å². The molecule has 0 bridgehead atoms. The quantitative estimate of drug-likeness (QED) is 0.547. The van der Waals surface area contributed by atoms with Crippen molar-refractivity contribution in [1.29, 1.82) is 5.26 Å². The molecule has 2 nitrogen and oxygen atoms in total. The first kappa shape index (κ1) is 7.56. The Bertz CT molecular complexity index is 131. The second-order valence-electron chi connectivity index (χ2n) is 2.90. The third kappa shape index (κ3) is 1.71. The van der Waals surface area contributed by atoms with Gasteiger partial charge in [-0.2, -0.15) is 5.26 Å². The van der Waals surface area contributed by atoms with Crippen LogP contribution in [0.1, 0.15) is 26.2 Å². The molecule has 0 aromatic heterocycles. The Kier molecular flexibility index (Phi) is 2.70. The maximum atomic E-state index is 8.60. The summed E-state index contributed by atoms with van der Waals surface area (Å²) in [4.78, 5) is 2.25. The van der Waals surface area contributed by atoms with Gasteiger partial charge >= 0.3 is 0 Å². The van der Waals surface area contributed by atoms with Gasteiger partial charge in [-0.25, -0.2) is 0 Å². The zero-order chi connectivity index (χ0) is 7.40. The van der Waals surface area contributed by atoms with E-state index in [-0.39, 0.29) is 6.04 Å². The van der Waals surface area contributed by atoms with Crippen LogP contribution in [0.2, 0.25) is 0 Å². The Hall–Kier alpha value is -0.550. The lowest BCUT2D eigenvalue weighted by Gasteiger charge is -2.28. The SMILES string of the molecule is C[C@@H](C#N)N1CCCCC1. The number of rotatable bonds is 1. The smallest absolute Gasteiger partial charge is 0.0949 e. The van der Waals surface area contributed by atoms with Crippen molar-refractivity contribution in [2.75, 3.05) is 13.1 Å². The summed E-state index contributed by atoms with van der Waals surface area (Å²) < 4.78 is 0. The van der Waals surface area contributed by atoms with Crippen LogP contribution in [0.15, 0.2) is 0 Å². The average Bonchev–Trinajstić information content (AvgIpc) is 2.05. The highest BCUT2D eigenvalue weighted by Crippen LogP contribution is 2.10. The normalized spacial score (nSPS) is 23.6. The number of likely N-dealkylation sites (tertiary alicyclic amines) is 1. The van der Waals surface area contributed by atoms with Crippen molar-refractivity contribution < 1.29 is 0 Å². The van der Waals surface area contributed by atoms with Crippen LogP contribution in [0.4, 0.5) is 0 Å². The van der Waals surface area contributed by atoms with Crippen LogP contribution in [0, 0.1) is 11.3 Å². The standard InChI is InChI=1S/C8H14N2/c1-8(7-9)10-5-3-2-4-6-10/h8H,2-6H2,1H3/t8-/m0/s1. The highest BCUT2D eigenvalue weighted by Gasteiger charge is 2.14. The summed E-state index contributed by atoms with van der Waals surface area (Å²) in [6, 6.07) is 2.39. The fourth-order valence-corrected chi connectivity index (χ4v) is 1.39. The second-order valence-corrected chi connectivity index (χ2v) is 2.90. The summed E-state index contributed by atoms with van der Waals surface area (Å²) >= 11 is 0. The van der Waals surface area contributed by atoms with Gasteiger partial charge in [0.2, 0.25) is 0 Å². The molecule has 0 radical (unpaired) electrons. The summed E-state index contributed by atoms with van der Waals surface area (Å²) in [5.74, 6) is 0. The van der Waals surface area contributed by atoms with Crippen LogP contribution in [0.3, 0.4) is 0 Å². The van der Waals surface area contributed by atoms with Crippen molar-refractivity contribution in [3.63, 3.8) is 0 Å². The van der Waals surface area contributed by atoms with E-state index < -0.39 is 0 Å². The zero-order valence-electron chi connectivity index (χ0n) is 6.51. The molecular formula is C8H14N2. The first-order chi connectivity index (χ1) is 4.84. The largest absolute Gasteiger partial charge is 0.288 e. The molecule has 0 N–H and O–H groups in total. The monoisotopic (exact) mass is 138 g/mol. The van der Waals surface area contributed by atoms with Gasteiger partial charge in [-0.15, -0.1) is 0 Å². The van der Waals surface area contributed by atoms with Crippen LogP contribution in [-0.4, -0.2) is 24.0 Å². The highest BCUT2D eigenvalue weighted by atomic mass is 15.1. The Morgan fingerprint density at radius 2 is 1.90 bits per heavy atom. The Morgan fingerprint density at radius 1 is 1.30 bits per heavy atom. The van der Waals surface area contributed by atoms with Gasteiger partial charge in [-0.3, -0.25) is 4.90 Å². The lowest BCUT2D eigenvalue weighted by atomic mass is 10.1. The van der Waals surface area contributed by atoms with Gasteiger partial charge in [0.25, 0.3) is 0 Å². The van der Waals surface area contributed by atoms with Crippen LogP contribution in [0.5, 0.6) is 0 Å². The molecule has 1 heterocycles. The average molecular weight is 138 g/mol. The number of nitrogens with zero attached hydrogens (tertiary/aromatic N) is 2. The predicted molar refractivity (Wildman–Crippen MR) is 40.5 cm³/mol. The van der Waals surface area contributed by atoms with Crippen LogP contribution >= 0.6 is 0 Å². The first-order valence-electron chi connectivity index (χ1n) is 3.98. The Balaban J connectivity index is 2.33. The molecule has 10 heavy (non-hydrogen) atoms. The zero-order valence-corrected chi connectivity index (χ0v) is 6.51. The van der Waals surface area contributed by atoms with E-state index in [4.69, 9.17) is 5.26 Å². The van der Waals surface area contributed by atoms with E-state index in [2.05, 4.69) is 11.0 Å². The minimum atomic E-state index is 0.125. The molecule has 0 spiro atoms. The van der Waals surface area contributed by atoms with Crippen molar-refractivity contribution >= 4 is 0 Å². The lowest BCUT2D eigenvalue weighted by Crippen LogP contribution is -2.36. The molecule has 0 aliphatic carbocycles. The van der Waals surface area contributed by atoms with Crippen molar-refractivity contribution in [1.82, 2.24) is 4.90 Å². The van der Waals surface area contributed by atoms with E-state index in [9.17, 15) is 0 Å². The molecule has 1 aliphatic heterocycles. The minimum Gasteiger partial charge on any atom is -0.288 e. The van der Waals surface area contributed by atoms with Crippen molar-refractivity contribution in [3.8, 4) is 6.07 Å². The molecule has 1 atom stereocenters. The maximum absolute atomic E-state index is 8.60. The summed E-state index contributed by atoms with van der Waals surface area (Å²) in [5, 5.41) is 8.60. The van der Waals surface area contributed by atoms with Gasteiger partial charge in [-0.05, 0) is 32.9 Å². The molecule has 0 aromatic rings. The van der Waals surface area contributed by atoms with E-state index in [1.54, 1.807) is 0 Å². The number of nitriles is 1. The number of piperidine rings is 1. The molecule has 0 amide bonds. The maximum Gasteiger partial charge on any atom is 0.0949 e. The molecule has 1 saturated heterocycles. The molecule has 1 rings (SSSR count). The Morgan fingerprint density at radius 3 is 2.40 bits per heavy atom. The van der Waals surface area contributed by atoms with Gasteiger partial charge in [0, 0.05) is 0 Å². The first-order valence-corrected chi connectivity index (χ1v) is 3.98. The van der Waals surface area contributed by atoms with Crippen molar-refractivity contribution in [2.45, 2.75) is 32.2 Å². The fraction of sp³-hybridized carbons (Fsp3) is 0.875. The van der Waals surface area contributed by atoms with Crippen LogP contribution in [0.25, 0.3) is 0 Å². The predicted octanol–water partition coefficient (Wildman–Crippen LogP) is 1.38. The van der Waals surface area contributed by atoms with E-state index in [0.717, 1.165) is 13.1 Å². The molecule has 0 aromatic carbocycles. The van der Waals surface area contributed by atoms with E-state index in [1.165, 1.54) is 19.3 Å². The molecule has 1 aliphatic rings. The summed E-state index contributed by atoms with van der Waals surface area (Å²) in [6.07, 6.45) is 3.88. The van der Waals surface area contributed by atoms with Gasteiger partial charge < -0.3 is 0 Å². The van der Waals surface area contributed by atoms with E-state index >= 15 is 0 Å². The van der Waals surface area contributed by atoms with Gasteiger partial charge in [0.15, 0.2) is 0 Å². The third-order valence-corrected chi connectivity index (χ3v) is 2.13. The number of hydrogen-bond donors (Lipinski definition) is 0. The topological polar surface area (TPSA) is 27.0 Å². The van der Waals surface area contributed by atoms with Gasteiger partial charge in [0.05, 0.1) is 12.1 Å². The molecule has 2 heteroatoms. The number of hydrogen-bond acceptors (Lipinski definition) is 2. The molecule has 56 valence electrons. The van der Waals surface area contributed by atoms with Gasteiger partial charge in [0.1, 0.15) is 0 Å². The Labute approximate surface area is 62.4 Å². The molecular weight excluding hydrogens is 124 g/mol. The highest BCUT2D eigenvalue weighted by molar-refractivity contribution is 4.88. The second kappa shape index (κ2) is 3.58. The summed E-state index contributed by atoms with van der Waals surface area (Å²) in [7, 11) is 0. The minimum absolute atomic E-state index is 0.125. The van der Waals surface area contributed by atoms with Crippen LogP contribution < -0.4 is 0 Å². The molecule has 0 unspecified atom stereocenters. The van der Waals surface area contributed by atoms with Crippen molar-refractivity contribution in [2.24, 2.45) is 0 Å². The third-order valence-electron chi connectivity index (χ3n) is 2.13. The molecule has 0 saturated carbocycles. The fourth-order valence-electron chi connectivity index (χ4n) is 1.39. The van der Waals surface area contributed by atoms with Crippen molar-refractivity contribution in [3.05, 3.63) is 0 Å². The summed E-state index contributed by atoms with van der Waals surface area (Å²) in [6.45, 7) is 4.22. The lowest BCUT2D eigenvalue weighted by molar-refractivity contribution is 0.205. The van der Waals surface area contributed by atoms with E-state index in [0.29, 0.717) is 0 Å². The van der Waals surface area contributed by atoms with E-state index in [1.807, 2.05) is 6.92 Å². The summed E-state index contributed by atoms with van der Waals surface area (Å²) in [5.41, 5.74) is 0.